The Kier molecular flexibility index (Phi) is 7.59. The van der Waals surface area contributed by atoms with Crippen LogP contribution in [0.3, 0.4) is 0 Å². The number of benzene rings is 8. The molecule has 0 saturated heterocycles. The third-order valence-corrected chi connectivity index (χ3v) is 11.5. The third kappa shape index (κ3) is 5.33. The number of rotatable bonds is 6. The minimum atomic E-state index is -0.124. The van der Waals surface area contributed by atoms with Crippen LogP contribution in [0.2, 0.25) is 0 Å². The molecule has 1 N–H and O–H groups in total. The third-order valence-electron chi connectivity index (χ3n) is 11.5. The van der Waals surface area contributed by atoms with Gasteiger partial charge in [0.1, 0.15) is 6.17 Å². The first kappa shape index (κ1) is 32.0. The maximum atomic E-state index is 3.94. The number of nitrogens with one attached hydrogen (secondary N) is 1. The van der Waals surface area contributed by atoms with Crippen LogP contribution in [-0.4, -0.2) is 0 Å². The standard InChI is InChI=1S/C52H40N2/c1-52(2)47-33-42(26-30-45(47)46-31-27-43(34-48(46)52)41-23-22-35-14-12-13-21-40(35)32-41)36-24-28-44(29-25-36)54-50(38-17-8-4-9-18-38)49(37-15-6-3-7-16-37)53-51(54)39-19-10-5-11-20-39/h3-34,51,53H,1-2H3. The second kappa shape index (κ2) is 12.8. The van der Waals surface area contributed by atoms with Crippen LogP contribution in [0.4, 0.5) is 5.69 Å². The summed E-state index contributed by atoms with van der Waals surface area (Å²) in [5.41, 5.74) is 17.3. The maximum Gasteiger partial charge on any atom is 0.130 e. The Labute approximate surface area is 317 Å². The highest BCUT2D eigenvalue weighted by molar-refractivity contribution is 6.00. The molecule has 2 nitrogen and oxygen atoms in total. The van der Waals surface area contributed by atoms with Gasteiger partial charge in [0.2, 0.25) is 0 Å². The zero-order valence-electron chi connectivity index (χ0n) is 30.5. The summed E-state index contributed by atoms with van der Waals surface area (Å²) in [5.74, 6) is 0. The molecule has 1 aliphatic heterocycles. The van der Waals surface area contributed by atoms with E-state index in [1.807, 2.05) is 0 Å². The molecular formula is C52H40N2. The maximum absolute atomic E-state index is 3.94. The highest BCUT2D eigenvalue weighted by Gasteiger charge is 2.37. The Morgan fingerprint density at radius 2 is 0.926 bits per heavy atom. The van der Waals surface area contributed by atoms with E-state index in [2.05, 4.69) is 218 Å². The number of fused-ring (bicyclic) bond motifs is 4. The predicted molar refractivity (Wildman–Crippen MR) is 227 cm³/mol. The topological polar surface area (TPSA) is 15.3 Å². The summed E-state index contributed by atoms with van der Waals surface area (Å²) in [6.07, 6.45) is -0.0683. The highest BCUT2D eigenvalue weighted by atomic mass is 15.3. The molecule has 54 heavy (non-hydrogen) atoms. The molecule has 258 valence electrons. The first-order chi connectivity index (χ1) is 26.5. The van der Waals surface area contributed by atoms with Gasteiger partial charge in [0.05, 0.1) is 11.4 Å². The fourth-order valence-corrected chi connectivity index (χ4v) is 8.65. The van der Waals surface area contributed by atoms with Gasteiger partial charge in [0.25, 0.3) is 0 Å². The number of anilines is 1. The monoisotopic (exact) mass is 692 g/mol. The Hall–Kier alpha value is -6.64. The van der Waals surface area contributed by atoms with Crippen LogP contribution in [0.1, 0.15) is 47.8 Å². The molecule has 8 aromatic rings. The summed E-state index contributed by atoms with van der Waals surface area (Å²) in [6.45, 7) is 4.75. The van der Waals surface area contributed by atoms with Gasteiger partial charge in [0.15, 0.2) is 0 Å². The summed E-state index contributed by atoms with van der Waals surface area (Å²) in [4.78, 5) is 2.46. The van der Waals surface area contributed by atoms with Gasteiger partial charge in [-0.05, 0) is 96.7 Å². The van der Waals surface area contributed by atoms with Crippen molar-refractivity contribution in [3.05, 3.63) is 222 Å². The minimum absolute atomic E-state index is 0.0683. The summed E-state index contributed by atoms with van der Waals surface area (Å²) < 4.78 is 0. The Balaban J connectivity index is 1.02. The lowest BCUT2D eigenvalue weighted by atomic mass is 9.81. The van der Waals surface area contributed by atoms with Crippen LogP contribution >= 0.6 is 0 Å². The number of hydrogen-bond acceptors (Lipinski definition) is 2. The van der Waals surface area contributed by atoms with Gasteiger partial charge in [-0.1, -0.05) is 178 Å². The van der Waals surface area contributed by atoms with Crippen molar-refractivity contribution in [1.82, 2.24) is 5.32 Å². The molecule has 0 spiro atoms. The van der Waals surface area contributed by atoms with E-state index >= 15 is 0 Å². The summed E-state index contributed by atoms with van der Waals surface area (Å²) in [6, 6.07) is 70.8. The second-order valence-electron chi connectivity index (χ2n) is 15.0. The van der Waals surface area contributed by atoms with E-state index in [1.165, 1.54) is 77.7 Å². The molecule has 0 saturated carbocycles. The van der Waals surface area contributed by atoms with Gasteiger partial charge >= 0.3 is 0 Å². The first-order valence-corrected chi connectivity index (χ1v) is 18.9. The fourth-order valence-electron chi connectivity index (χ4n) is 8.65. The van der Waals surface area contributed by atoms with Crippen molar-refractivity contribution < 1.29 is 0 Å². The molecule has 8 aromatic carbocycles. The van der Waals surface area contributed by atoms with E-state index in [0.29, 0.717) is 0 Å². The molecule has 1 aliphatic carbocycles. The molecule has 2 heteroatoms. The Morgan fingerprint density at radius 3 is 1.57 bits per heavy atom. The van der Waals surface area contributed by atoms with Crippen molar-refractivity contribution in [2.45, 2.75) is 25.4 Å². The van der Waals surface area contributed by atoms with E-state index in [1.54, 1.807) is 0 Å². The molecule has 1 atom stereocenters. The Bertz CT molecular complexity index is 2690. The molecule has 10 rings (SSSR count). The van der Waals surface area contributed by atoms with Crippen molar-refractivity contribution in [3.8, 4) is 33.4 Å². The van der Waals surface area contributed by atoms with Gasteiger partial charge in [0, 0.05) is 16.7 Å². The lowest BCUT2D eigenvalue weighted by Crippen LogP contribution is -2.28. The number of nitrogens with zero attached hydrogens (tertiary/aromatic N) is 1. The highest BCUT2D eigenvalue weighted by Crippen LogP contribution is 2.51. The largest absolute Gasteiger partial charge is 0.359 e. The van der Waals surface area contributed by atoms with Crippen molar-refractivity contribution in [1.29, 1.82) is 0 Å². The van der Waals surface area contributed by atoms with Gasteiger partial charge in [-0.2, -0.15) is 0 Å². The van der Waals surface area contributed by atoms with E-state index in [0.717, 1.165) is 11.4 Å². The molecule has 0 aromatic heterocycles. The molecule has 0 fully saturated rings. The van der Waals surface area contributed by atoms with E-state index < -0.39 is 0 Å². The Morgan fingerprint density at radius 1 is 0.426 bits per heavy atom. The van der Waals surface area contributed by atoms with Crippen LogP contribution in [-0.2, 0) is 5.41 Å². The summed E-state index contributed by atoms with van der Waals surface area (Å²) >= 11 is 0. The van der Waals surface area contributed by atoms with Crippen LogP contribution in [0.5, 0.6) is 0 Å². The molecule has 2 aliphatic rings. The SMILES string of the molecule is CC1(C)c2cc(-c3ccc(N4C(c5ccccc5)=C(c5ccccc5)NC4c4ccccc4)cc3)ccc2-c2ccc(-c3ccc4ccccc4c3)cc21. The fraction of sp³-hybridized carbons (Fsp3) is 0.0769. The van der Waals surface area contributed by atoms with E-state index in [4.69, 9.17) is 0 Å². The molecule has 0 bridgehead atoms. The van der Waals surface area contributed by atoms with Gasteiger partial charge < -0.3 is 10.2 Å². The minimum Gasteiger partial charge on any atom is -0.359 e. The predicted octanol–water partition coefficient (Wildman–Crippen LogP) is 13.1. The second-order valence-corrected chi connectivity index (χ2v) is 15.0. The van der Waals surface area contributed by atoms with Crippen molar-refractivity contribution in [2.24, 2.45) is 0 Å². The molecular weight excluding hydrogens is 653 g/mol. The molecule has 0 amide bonds. The van der Waals surface area contributed by atoms with Crippen LogP contribution in [0.25, 0.3) is 55.5 Å². The van der Waals surface area contributed by atoms with Crippen molar-refractivity contribution in [2.75, 3.05) is 4.90 Å². The average Bonchev–Trinajstić information content (AvgIpc) is 3.74. The number of hydrogen-bond donors (Lipinski definition) is 1. The lowest BCUT2D eigenvalue weighted by molar-refractivity contribution is 0.661. The zero-order valence-corrected chi connectivity index (χ0v) is 30.5. The van der Waals surface area contributed by atoms with E-state index in [9.17, 15) is 0 Å². The molecule has 0 radical (unpaired) electrons. The normalized spacial score (nSPS) is 15.6. The average molecular weight is 693 g/mol. The van der Waals surface area contributed by atoms with Gasteiger partial charge in [-0.25, -0.2) is 0 Å². The molecule has 1 unspecified atom stereocenters. The van der Waals surface area contributed by atoms with Crippen molar-refractivity contribution in [3.63, 3.8) is 0 Å². The summed E-state index contributed by atoms with van der Waals surface area (Å²) in [7, 11) is 0. The van der Waals surface area contributed by atoms with Crippen LogP contribution in [0, 0.1) is 0 Å². The van der Waals surface area contributed by atoms with Crippen LogP contribution < -0.4 is 10.2 Å². The van der Waals surface area contributed by atoms with Crippen molar-refractivity contribution >= 4 is 27.9 Å². The molecule has 1 heterocycles. The quantitative estimate of drug-likeness (QED) is 0.187. The smallest absolute Gasteiger partial charge is 0.130 e. The van der Waals surface area contributed by atoms with Crippen LogP contribution in [0.15, 0.2) is 194 Å². The zero-order chi connectivity index (χ0) is 36.2. The van der Waals surface area contributed by atoms with Gasteiger partial charge in [-0.15, -0.1) is 0 Å². The summed E-state index contributed by atoms with van der Waals surface area (Å²) in [5, 5.41) is 6.49. The van der Waals surface area contributed by atoms with E-state index in [-0.39, 0.29) is 11.6 Å². The first-order valence-electron chi connectivity index (χ1n) is 18.9. The lowest BCUT2D eigenvalue weighted by Gasteiger charge is -2.30. The van der Waals surface area contributed by atoms with Gasteiger partial charge in [-0.3, -0.25) is 0 Å².